The van der Waals surface area contributed by atoms with E-state index in [9.17, 15) is 0 Å². The van der Waals surface area contributed by atoms with Gasteiger partial charge >= 0.3 is 7.12 Å². The summed E-state index contributed by atoms with van der Waals surface area (Å²) in [7, 11) is -0.485. The zero-order valence-electron chi connectivity index (χ0n) is 50.2. The van der Waals surface area contributed by atoms with Gasteiger partial charge < -0.3 is 18.4 Å². The maximum Gasteiger partial charge on any atom is 0.494 e. The second kappa shape index (κ2) is 19.9. The molecule has 16 rings (SSSR count). The molecule has 14 aromatic rings. The monoisotopic (exact) mass is 1120 g/mol. The number of nitrogens with zero attached hydrogens (tertiary/aromatic N) is 2. The highest BCUT2D eigenvalue weighted by Crippen LogP contribution is 2.54. The molecular weight excluding hydrogens is 1060 g/mol. The highest BCUT2D eigenvalue weighted by molar-refractivity contribution is 6.62. The first-order valence-electron chi connectivity index (χ1n) is 30.6. The minimum Gasteiger partial charge on any atom is -0.399 e. The fraction of sp³-hybridized carbons (Fsp3) is 0.122. The van der Waals surface area contributed by atoms with Gasteiger partial charge in [-0.2, -0.15) is 0 Å². The van der Waals surface area contributed by atoms with E-state index in [1.54, 1.807) is 0 Å². The zero-order valence-corrected chi connectivity index (χ0v) is 50.2. The Bertz CT molecular complexity index is 5020. The van der Waals surface area contributed by atoms with E-state index >= 15 is 0 Å². The number of hydrogen-bond acceptors (Lipinski definition) is 2. The van der Waals surface area contributed by atoms with Gasteiger partial charge in [0.05, 0.1) is 33.3 Å². The molecule has 1 fully saturated rings. The van der Waals surface area contributed by atoms with E-state index in [2.05, 4.69) is 325 Å². The fourth-order valence-electron chi connectivity index (χ4n) is 14.5. The van der Waals surface area contributed by atoms with Crippen LogP contribution in [-0.4, -0.2) is 27.5 Å². The second-order valence-electron chi connectivity index (χ2n) is 25.4. The van der Waals surface area contributed by atoms with Crippen molar-refractivity contribution in [2.45, 2.75) is 65.1 Å². The molecule has 0 radical (unpaired) electrons. The van der Waals surface area contributed by atoms with Gasteiger partial charge in [0.15, 0.2) is 0 Å². The van der Waals surface area contributed by atoms with Gasteiger partial charge in [0.2, 0.25) is 0 Å². The summed E-state index contributed by atoms with van der Waals surface area (Å²) in [6.07, 6.45) is 0. The van der Waals surface area contributed by atoms with Crippen molar-refractivity contribution in [3.05, 3.63) is 284 Å². The Balaban J connectivity index is 0.916. The van der Waals surface area contributed by atoms with Crippen molar-refractivity contribution in [2.75, 3.05) is 0 Å². The molecule has 1 aliphatic heterocycles. The second-order valence-corrected chi connectivity index (χ2v) is 25.4. The molecule has 0 N–H and O–H groups in total. The van der Waals surface area contributed by atoms with Gasteiger partial charge in [-0.05, 0) is 201 Å². The van der Waals surface area contributed by atoms with Crippen LogP contribution in [0, 0.1) is 6.92 Å². The van der Waals surface area contributed by atoms with E-state index in [1.165, 1.54) is 116 Å². The lowest BCUT2D eigenvalue weighted by atomic mass is 9.74. The Morgan fingerprint density at radius 2 is 0.701 bits per heavy atom. The highest BCUT2D eigenvalue weighted by Gasteiger charge is 2.51. The standard InChI is InChI=1S/C82H65BN2O2/c1-52-75(53-24-12-8-13-25-53)77(55-28-16-10-17-29-55)79(56-36-42-60(43-37-56)83-86-81(4,5)82(6,7)87-83)78(76(52)54-26-14-9-15-27-54)57-38-44-62(45-39-57)85-73-47-41-59(49-67(73)68-50-65-63-32-20-22-34-69(63)80(2,3)70(65)51-74(68)85)58-40-46-72-66(48-58)64-33-21-23-35-71(64)84(72)61-30-18-11-19-31-61/h8-51H,1-7H3. The Morgan fingerprint density at radius 3 is 1.28 bits per heavy atom. The van der Waals surface area contributed by atoms with Crippen molar-refractivity contribution >= 4 is 56.2 Å². The van der Waals surface area contributed by atoms with Gasteiger partial charge in [-0.1, -0.05) is 214 Å². The molecular formula is C82H65BN2O2. The number of fused-ring (bicyclic) bond motifs is 9. The van der Waals surface area contributed by atoms with Gasteiger partial charge in [-0.25, -0.2) is 0 Å². The quantitative estimate of drug-likeness (QED) is 0.135. The molecule has 12 aromatic carbocycles. The minimum absolute atomic E-state index is 0.183. The SMILES string of the molecule is Cc1c(-c2ccccc2)c(-c2ccccc2)c(-c2ccc(B3OC(C)(C)C(C)(C)O3)cc2)c(-c2ccc(-n3c4ccc(-c5ccc6c(c5)c5ccccc5n6-c5ccccc5)cc4c4cc5c(cc43)C(C)(C)c3ccccc3-5)cc2)c1-c1ccccc1. The van der Waals surface area contributed by atoms with Gasteiger partial charge in [0, 0.05) is 38.3 Å². The number of aromatic nitrogens is 2. The zero-order chi connectivity index (χ0) is 58.9. The number of rotatable bonds is 9. The molecule has 1 saturated heterocycles. The summed E-state index contributed by atoms with van der Waals surface area (Å²) < 4.78 is 18.2. The lowest BCUT2D eigenvalue weighted by Crippen LogP contribution is -2.41. The van der Waals surface area contributed by atoms with Crippen LogP contribution in [0.3, 0.4) is 0 Å². The van der Waals surface area contributed by atoms with Crippen LogP contribution >= 0.6 is 0 Å². The lowest BCUT2D eigenvalue weighted by molar-refractivity contribution is 0.00578. The van der Waals surface area contributed by atoms with Crippen molar-refractivity contribution in [1.29, 1.82) is 0 Å². The van der Waals surface area contributed by atoms with E-state index in [1.807, 2.05) is 0 Å². The molecule has 0 saturated carbocycles. The summed E-state index contributed by atoms with van der Waals surface area (Å²) in [6, 6.07) is 99.0. The normalized spacial score (nSPS) is 14.8. The molecule has 0 spiro atoms. The van der Waals surface area contributed by atoms with E-state index in [0.717, 1.165) is 39.1 Å². The van der Waals surface area contributed by atoms with Crippen molar-refractivity contribution < 1.29 is 9.31 Å². The molecule has 0 amide bonds. The first-order chi connectivity index (χ1) is 42.3. The predicted octanol–water partition coefficient (Wildman–Crippen LogP) is 20.8. The fourth-order valence-corrected chi connectivity index (χ4v) is 14.5. The van der Waals surface area contributed by atoms with Crippen molar-refractivity contribution in [1.82, 2.24) is 9.13 Å². The van der Waals surface area contributed by atoms with Crippen LogP contribution in [0.1, 0.15) is 58.2 Å². The molecule has 0 atom stereocenters. The average Bonchev–Trinajstić information content (AvgIpc) is 1.74. The van der Waals surface area contributed by atoms with Crippen LogP contribution in [0.4, 0.5) is 0 Å². The third-order valence-corrected chi connectivity index (χ3v) is 19.6. The maximum atomic E-state index is 6.63. The van der Waals surface area contributed by atoms with E-state index in [4.69, 9.17) is 9.31 Å². The summed E-state index contributed by atoms with van der Waals surface area (Å²) in [4.78, 5) is 0. The Kier molecular flexibility index (Phi) is 12.1. The third-order valence-electron chi connectivity index (χ3n) is 19.6. The predicted molar refractivity (Wildman–Crippen MR) is 366 cm³/mol. The van der Waals surface area contributed by atoms with Crippen LogP contribution < -0.4 is 5.46 Å². The number of hydrogen-bond donors (Lipinski definition) is 0. The van der Waals surface area contributed by atoms with E-state index in [-0.39, 0.29) is 5.41 Å². The maximum absolute atomic E-state index is 6.63. The third kappa shape index (κ3) is 8.28. The minimum atomic E-state index is -0.485. The lowest BCUT2D eigenvalue weighted by Gasteiger charge is -2.32. The Labute approximate surface area is 509 Å². The van der Waals surface area contributed by atoms with Crippen molar-refractivity contribution in [3.8, 4) is 89.3 Å². The summed E-state index contributed by atoms with van der Waals surface area (Å²) in [6.45, 7) is 15.6. The Morgan fingerprint density at radius 1 is 0.299 bits per heavy atom. The van der Waals surface area contributed by atoms with Gasteiger partial charge in [-0.3, -0.25) is 0 Å². The van der Waals surface area contributed by atoms with Crippen LogP contribution in [0.5, 0.6) is 0 Å². The van der Waals surface area contributed by atoms with E-state index < -0.39 is 18.3 Å². The van der Waals surface area contributed by atoms with Crippen LogP contribution in [0.2, 0.25) is 0 Å². The molecule has 0 unspecified atom stereocenters. The summed E-state index contributed by atoms with van der Waals surface area (Å²) in [5.74, 6) is 0. The molecule has 1 aliphatic carbocycles. The number of benzene rings is 12. The molecule has 5 heteroatoms. The molecule has 418 valence electrons. The van der Waals surface area contributed by atoms with Crippen molar-refractivity contribution in [3.63, 3.8) is 0 Å². The molecule has 2 aliphatic rings. The van der Waals surface area contributed by atoms with Gasteiger partial charge in [0.25, 0.3) is 0 Å². The molecule has 0 bridgehead atoms. The van der Waals surface area contributed by atoms with E-state index in [0.29, 0.717) is 0 Å². The number of para-hydroxylation sites is 2. The smallest absolute Gasteiger partial charge is 0.399 e. The molecule has 4 nitrogen and oxygen atoms in total. The summed E-state index contributed by atoms with van der Waals surface area (Å²) in [5, 5.41) is 4.94. The van der Waals surface area contributed by atoms with Crippen LogP contribution in [-0.2, 0) is 14.7 Å². The Hall–Kier alpha value is -9.78. The summed E-state index contributed by atoms with van der Waals surface area (Å²) in [5.41, 5.74) is 27.5. The van der Waals surface area contributed by atoms with Crippen molar-refractivity contribution in [2.24, 2.45) is 0 Å². The van der Waals surface area contributed by atoms with Crippen LogP contribution in [0.15, 0.2) is 267 Å². The topological polar surface area (TPSA) is 28.3 Å². The summed E-state index contributed by atoms with van der Waals surface area (Å²) >= 11 is 0. The van der Waals surface area contributed by atoms with Gasteiger partial charge in [0.1, 0.15) is 0 Å². The molecule has 3 heterocycles. The molecule has 87 heavy (non-hydrogen) atoms. The highest BCUT2D eigenvalue weighted by atomic mass is 16.7. The molecule has 2 aromatic heterocycles. The van der Waals surface area contributed by atoms with Gasteiger partial charge in [-0.15, -0.1) is 0 Å². The largest absolute Gasteiger partial charge is 0.494 e. The average molecular weight is 1120 g/mol. The first-order valence-corrected chi connectivity index (χ1v) is 30.6. The first kappa shape index (κ1) is 52.8. The van der Waals surface area contributed by atoms with Crippen LogP contribution in [0.25, 0.3) is 133 Å².